The largest absolute Gasteiger partial charge is 0.284 e. The van der Waals surface area contributed by atoms with Crippen LogP contribution in [0.15, 0.2) is 66.7 Å². The minimum Gasteiger partial charge on any atom is -0.284 e. The summed E-state index contributed by atoms with van der Waals surface area (Å²) in [6.45, 7) is 18.2. The fourth-order valence-corrected chi connectivity index (χ4v) is 5.94. The summed E-state index contributed by atoms with van der Waals surface area (Å²) in [6.07, 6.45) is 6.56. The zero-order valence-electron chi connectivity index (χ0n) is 25.6. The summed E-state index contributed by atoms with van der Waals surface area (Å²) in [7, 11) is -3.29. The molecule has 0 amide bonds. The van der Waals surface area contributed by atoms with Crippen LogP contribution in [0.3, 0.4) is 0 Å². The third kappa shape index (κ3) is 8.96. The van der Waals surface area contributed by atoms with Gasteiger partial charge >= 0.3 is 0 Å². The van der Waals surface area contributed by atoms with Crippen LogP contribution in [-0.2, 0) is 39.1 Å². The lowest BCUT2D eigenvalue weighted by Crippen LogP contribution is -2.24. The number of sulfonamides is 1. The molecule has 0 unspecified atom stereocenters. The van der Waals surface area contributed by atoms with Crippen LogP contribution in [0, 0.1) is 6.92 Å². The van der Waals surface area contributed by atoms with E-state index in [-0.39, 0.29) is 16.2 Å². The summed E-state index contributed by atoms with van der Waals surface area (Å²) < 4.78 is 25.9. The predicted molar refractivity (Wildman–Crippen MR) is 169 cm³/mol. The zero-order chi connectivity index (χ0) is 29.1. The Bertz CT molecular complexity index is 1360. The smallest absolute Gasteiger partial charge is 0.229 e. The molecule has 39 heavy (non-hydrogen) atoms. The molecule has 0 radical (unpaired) electrons. The van der Waals surface area contributed by atoms with E-state index in [0.717, 1.165) is 37.7 Å². The fourth-order valence-electron chi connectivity index (χ4n) is 5.38. The summed E-state index contributed by atoms with van der Waals surface area (Å²) in [5.74, 6) is 0. The first kappa shape index (κ1) is 30.9. The molecule has 0 aliphatic heterocycles. The molecule has 0 aliphatic rings. The highest BCUT2D eigenvalue weighted by atomic mass is 32.2. The lowest BCUT2D eigenvalue weighted by atomic mass is 9.72. The van der Waals surface area contributed by atoms with Gasteiger partial charge in [-0.25, -0.2) is 8.42 Å². The van der Waals surface area contributed by atoms with Gasteiger partial charge in [0.25, 0.3) is 0 Å². The molecule has 0 atom stereocenters. The van der Waals surface area contributed by atoms with Crippen molar-refractivity contribution in [3.8, 4) is 0 Å². The van der Waals surface area contributed by atoms with E-state index in [4.69, 9.17) is 0 Å². The Morgan fingerprint density at radius 1 is 0.692 bits per heavy atom. The first-order chi connectivity index (χ1) is 18.0. The highest BCUT2D eigenvalue weighted by Gasteiger charge is 2.27. The summed E-state index contributed by atoms with van der Waals surface area (Å²) >= 11 is 0. The molecule has 3 aromatic rings. The van der Waals surface area contributed by atoms with Gasteiger partial charge in [-0.3, -0.25) is 4.72 Å². The molecule has 3 aromatic carbocycles. The molecule has 4 heteroatoms. The van der Waals surface area contributed by atoms with Gasteiger partial charge in [0, 0.05) is 5.69 Å². The second-order valence-electron chi connectivity index (χ2n) is 13.7. The minimum atomic E-state index is -3.29. The number of nitrogens with one attached hydrogen (secondary N) is 1. The number of anilines is 1. The van der Waals surface area contributed by atoms with Crippen molar-refractivity contribution in [1.29, 1.82) is 0 Å². The van der Waals surface area contributed by atoms with Crippen LogP contribution in [-0.4, -0.2) is 14.7 Å². The van der Waals surface area contributed by atoms with Crippen molar-refractivity contribution < 1.29 is 8.42 Å². The normalized spacial score (nSPS) is 12.9. The van der Waals surface area contributed by atoms with Crippen LogP contribution in [0.2, 0.25) is 0 Å². The van der Waals surface area contributed by atoms with Gasteiger partial charge in [-0.2, -0.15) is 0 Å². The van der Waals surface area contributed by atoms with Crippen LogP contribution in [0.1, 0.15) is 101 Å². The van der Waals surface area contributed by atoms with E-state index >= 15 is 0 Å². The van der Waals surface area contributed by atoms with Gasteiger partial charge in [0.2, 0.25) is 10.0 Å². The SMILES string of the molecule is Cc1ccc(CCCc2ccc(C(C)(C)CCC(C)(C)c3cccc(NS(C)(=O)=O)c3)cc2)cc1C(C)(C)C. The summed E-state index contributed by atoms with van der Waals surface area (Å²) in [5.41, 5.74) is 8.94. The number of rotatable bonds is 11. The average molecular weight is 548 g/mol. The molecule has 0 saturated heterocycles. The molecule has 0 spiro atoms. The highest BCUT2D eigenvalue weighted by Crippen LogP contribution is 2.37. The molecule has 212 valence electrons. The van der Waals surface area contributed by atoms with Crippen LogP contribution in [0.5, 0.6) is 0 Å². The van der Waals surface area contributed by atoms with Gasteiger partial charge in [-0.1, -0.05) is 103 Å². The number of aryl methyl sites for hydroxylation is 3. The first-order valence-electron chi connectivity index (χ1n) is 14.2. The van der Waals surface area contributed by atoms with Gasteiger partial charge in [0.15, 0.2) is 0 Å². The standard InChI is InChI=1S/C35H49NO2S/c1-26-16-17-28(24-32(26)33(2,3)4)13-10-12-27-18-20-29(21-19-27)34(5,6)22-23-35(7,8)30-14-11-15-31(25-30)36-39(9,37)38/h11,14-21,24-25,36H,10,12-13,22-23H2,1-9H3. The van der Waals surface area contributed by atoms with Crippen LogP contribution >= 0.6 is 0 Å². The van der Waals surface area contributed by atoms with E-state index in [1.165, 1.54) is 34.1 Å². The van der Waals surface area contributed by atoms with E-state index in [1.807, 2.05) is 12.1 Å². The minimum absolute atomic E-state index is 0.0453. The van der Waals surface area contributed by atoms with E-state index in [2.05, 4.69) is 109 Å². The van der Waals surface area contributed by atoms with E-state index < -0.39 is 10.0 Å². The van der Waals surface area contributed by atoms with Crippen LogP contribution in [0.4, 0.5) is 5.69 Å². The Labute approximate surface area is 238 Å². The third-order valence-corrected chi connectivity index (χ3v) is 8.71. The van der Waals surface area contributed by atoms with Crippen molar-refractivity contribution in [3.05, 3.63) is 100 Å². The lowest BCUT2D eigenvalue weighted by Gasteiger charge is -2.32. The van der Waals surface area contributed by atoms with Crippen LogP contribution < -0.4 is 4.72 Å². The van der Waals surface area contributed by atoms with Gasteiger partial charge in [0.05, 0.1) is 6.26 Å². The van der Waals surface area contributed by atoms with Crippen molar-refractivity contribution in [2.45, 2.75) is 104 Å². The number of hydrogen-bond acceptors (Lipinski definition) is 2. The van der Waals surface area contributed by atoms with Gasteiger partial charge < -0.3 is 0 Å². The van der Waals surface area contributed by atoms with Crippen molar-refractivity contribution in [2.24, 2.45) is 0 Å². The Morgan fingerprint density at radius 2 is 1.26 bits per heavy atom. The maximum Gasteiger partial charge on any atom is 0.229 e. The average Bonchev–Trinajstić information content (AvgIpc) is 2.83. The fraction of sp³-hybridized carbons (Fsp3) is 0.486. The Morgan fingerprint density at radius 3 is 1.85 bits per heavy atom. The van der Waals surface area contributed by atoms with Gasteiger partial charge in [-0.15, -0.1) is 0 Å². The molecule has 0 saturated carbocycles. The molecule has 0 aliphatic carbocycles. The lowest BCUT2D eigenvalue weighted by molar-refractivity contribution is 0.375. The molecule has 3 rings (SSSR count). The van der Waals surface area contributed by atoms with E-state index in [9.17, 15) is 8.42 Å². The summed E-state index contributed by atoms with van der Waals surface area (Å²) in [5, 5.41) is 0. The van der Waals surface area contributed by atoms with Gasteiger partial charge in [-0.05, 0) is 101 Å². The molecule has 0 aromatic heterocycles. The van der Waals surface area contributed by atoms with Gasteiger partial charge in [0.1, 0.15) is 0 Å². The molecule has 3 nitrogen and oxygen atoms in total. The van der Waals surface area contributed by atoms with E-state index in [1.54, 1.807) is 6.07 Å². The molecular weight excluding hydrogens is 498 g/mol. The summed E-state index contributed by atoms with van der Waals surface area (Å²) in [6, 6.07) is 24.0. The maximum absolute atomic E-state index is 11.7. The van der Waals surface area contributed by atoms with E-state index in [0.29, 0.717) is 5.69 Å². The van der Waals surface area contributed by atoms with Crippen molar-refractivity contribution >= 4 is 15.7 Å². The molecular formula is C35H49NO2S. The first-order valence-corrected chi connectivity index (χ1v) is 16.1. The topological polar surface area (TPSA) is 46.2 Å². The monoisotopic (exact) mass is 547 g/mol. The predicted octanol–water partition coefficient (Wildman–Crippen LogP) is 8.87. The quantitative estimate of drug-likeness (QED) is 0.260. The molecule has 0 heterocycles. The molecule has 0 fully saturated rings. The van der Waals surface area contributed by atoms with Crippen molar-refractivity contribution in [2.75, 3.05) is 11.0 Å². The zero-order valence-corrected chi connectivity index (χ0v) is 26.4. The Kier molecular flexibility index (Phi) is 9.43. The van der Waals surface area contributed by atoms with Crippen LogP contribution in [0.25, 0.3) is 0 Å². The second kappa shape index (κ2) is 11.9. The summed E-state index contributed by atoms with van der Waals surface area (Å²) in [4.78, 5) is 0. The maximum atomic E-state index is 11.7. The highest BCUT2D eigenvalue weighted by molar-refractivity contribution is 7.92. The third-order valence-electron chi connectivity index (χ3n) is 8.10. The molecule has 0 bridgehead atoms. The van der Waals surface area contributed by atoms with Crippen molar-refractivity contribution in [1.82, 2.24) is 0 Å². The second-order valence-corrected chi connectivity index (χ2v) is 15.4. The Hall–Kier alpha value is -2.59. The van der Waals surface area contributed by atoms with Crippen molar-refractivity contribution in [3.63, 3.8) is 0 Å². The number of benzene rings is 3. The Balaban J connectivity index is 1.59. The number of hydrogen-bond donors (Lipinski definition) is 1. The molecule has 1 N–H and O–H groups in total.